The molecule has 1 aromatic heterocycles. The first-order valence-corrected chi connectivity index (χ1v) is 7.99. The Bertz CT molecular complexity index is 424. The van der Waals surface area contributed by atoms with Gasteiger partial charge in [0, 0.05) is 17.6 Å². The number of sulfonamides is 1. The summed E-state index contributed by atoms with van der Waals surface area (Å²) in [6.45, 7) is 2.30. The standard InChI is InChI=1S/C9H14BrNO3S2/c1-2-4-11(5-6-12)16(13,14)9-8(10)3-7-15-9/h3,7,12H,2,4-6H2,1H3. The summed E-state index contributed by atoms with van der Waals surface area (Å²) in [5.41, 5.74) is 0. The largest absolute Gasteiger partial charge is 0.395 e. The lowest BCUT2D eigenvalue weighted by atomic mass is 10.5. The van der Waals surface area contributed by atoms with Gasteiger partial charge in [0.1, 0.15) is 4.21 Å². The van der Waals surface area contributed by atoms with Crippen molar-refractivity contribution in [3.05, 3.63) is 15.9 Å². The van der Waals surface area contributed by atoms with E-state index in [-0.39, 0.29) is 13.2 Å². The number of rotatable bonds is 6. The normalized spacial score (nSPS) is 12.2. The second-order valence-electron chi connectivity index (χ2n) is 3.18. The van der Waals surface area contributed by atoms with Crippen LogP contribution >= 0.6 is 27.3 Å². The smallest absolute Gasteiger partial charge is 0.253 e. The number of halogens is 1. The van der Waals surface area contributed by atoms with Gasteiger partial charge in [-0.3, -0.25) is 0 Å². The molecule has 7 heteroatoms. The molecule has 16 heavy (non-hydrogen) atoms. The van der Waals surface area contributed by atoms with Crippen molar-refractivity contribution in [3.8, 4) is 0 Å². The Hall–Kier alpha value is 0.0500. The Morgan fingerprint density at radius 1 is 1.50 bits per heavy atom. The molecule has 0 fully saturated rings. The zero-order chi connectivity index (χ0) is 12.2. The predicted molar refractivity (Wildman–Crippen MR) is 68.2 cm³/mol. The highest BCUT2D eigenvalue weighted by atomic mass is 79.9. The molecule has 0 aliphatic heterocycles. The molecule has 0 amide bonds. The van der Waals surface area contributed by atoms with Gasteiger partial charge in [0.2, 0.25) is 0 Å². The Morgan fingerprint density at radius 3 is 2.62 bits per heavy atom. The third kappa shape index (κ3) is 3.04. The van der Waals surface area contributed by atoms with E-state index in [1.807, 2.05) is 6.92 Å². The van der Waals surface area contributed by atoms with Crippen LogP contribution < -0.4 is 0 Å². The molecular weight excluding hydrogens is 314 g/mol. The van der Waals surface area contributed by atoms with Crippen molar-refractivity contribution in [2.24, 2.45) is 0 Å². The molecule has 0 spiro atoms. The first-order valence-electron chi connectivity index (χ1n) is 4.88. The van der Waals surface area contributed by atoms with Crippen molar-refractivity contribution in [3.63, 3.8) is 0 Å². The average molecular weight is 328 g/mol. The van der Waals surface area contributed by atoms with Crippen LogP contribution in [0.4, 0.5) is 0 Å². The highest BCUT2D eigenvalue weighted by molar-refractivity contribution is 9.10. The summed E-state index contributed by atoms with van der Waals surface area (Å²) in [7, 11) is -3.47. The van der Waals surface area contributed by atoms with E-state index in [9.17, 15) is 8.42 Å². The molecule has 0 aliphatic rings. The van der Waals surface area contributed by atoms with Crippen LogP contribution in [0.3, 0.4) is 0 Å². The van der Waals surface area contributed by atoms with E-state index in [1.54, 1.807) is 11.4 Å². The first kappa shape index (κ1) is 14.1. The summed E-state index contributed by atoms with van der Waals surface area (Å²) in [5, 5.41) is 10.6. The molecule has 0 atom stereocenters. The fourth-order valence-electron chi connectivity index (χ4n) is 1.29. The second kappa shape index (κ2) is 6.11. The van der Waals surface area contributed by atoms with Crippen LogP contribution in [0.15, 0.2) is 20.1 Å². The fourth-order valence-corrected chi connectivity index (χ4v) is 5.27. The van der Waals surface area contributed by atoms with Crippen molar-refractivity contribution >= 4 is 37.3 Å². The van der Waals surface area contributed by atoms with E-state index in [0.717, 1.165) is 6.42 Å². The number of hydrogen-bond acceptors (Lipinski definition) is 4. The third-order valence-electron chi connectivity index (χ3n) is 1.98. The van der Waals surface area contributed by atoms with E-state index in [4.69, 9.17) is 5.11 Å². The van der Waals surface area contributed by atoms with Gasteiger partial charge in [-0.25, -0.2) is 8.42 Å². The molecule has 4 nitrogen and oxygen atoms in total. The van der Waals surface area contributed by atoms with E-state index in [0.29, 0.717) is 15.2 Å². The summed E-state index contributed by atoms with van der Waals surface area (Å²) in [4.78, 5) is 0. The second-order valence-corrected chi connectivity index (χ2v) is 7.09. The average Bonchev–Trinajstić information content (AvgIpc) is 2.65. The Labute approximate surface area is 108 Å². The van der Waals surface area contributed by atoms with Gasteiger partial charge in [-0.05, 0) is 33.8 Å². The van der Waals surface area contributed by atoms with Crippen LogP contribution in [0.2, 0.25) is 0 Å². The lowest BCUT2D eigenvalue weighted by Crippen LogP contribution is -2.34. The molecular formula is C9H14BrNO3S2. The lowest BCUT2D eigenvalue weighted by molar-refractivity contribution is 0.253. The van der Waals surface area contributed by atoms with Crippen molar-refractivity contribution in [1.82, 2.24) is 4.31 Å². The fraction of sp³-hybridized carbons (Fsp3) is 0.556. The zero-order valence-corrected chi connectivity index (χ0v) is 12.1. The molecule has 0 radical (unpaired) electrons. The minimum absolute atomic E-state index is 0.139. The number of aliphatic hydroxyl groups excluding tert-OH is 1. The molecule has 1 N–H and O–H groups in total. The monoisotopic (exact) mass is 327 g/mol. The maximum absolute atomic E-state index is 12.2. The van der Waals surface area contributed by atoms with Crippen molar-refractivity contribution in [2.45, 2.75) is 17.6 Å². The van der Waals surface area contributed by atoms with Gasteiger partial charge in [0.25, 0.3) is 10.0 Å². The lowest BCUT2D eigenvalue weighted by Gasteiger charge is -2.19. The maximum atomic E-state index is 12.2. The third-order valence-corrected chi connectivity index (χ3v) is 6.53. The van der Waals surface area contributed by atoms with Crippen LogP contribution in [0.1, 0.15) is 13.3 Å². The Kier molecular flexibility index (Phi) is 5.39. The van der Waals surface area contributed by atoms with Crippen LogP contribution in [-0.4, -0.2) is 37.5 Å². The number of aliphatic hydroxyl groups is 1. The van der Waals surface area contributed by atoms with Crippen LogP contribution in [0.5, 0.6) is 0 Å². The summed E-state index contributed by atoms with van der Waals surface area (Å²) in [6, 6.07) is 1.71. The molecule has 1 rings (SSSR count). The van der Waals surface area contributed by atoms with Gasteiger partial charge in [0.15, 0.2) is 0 Å². The highest BCUT2D eigenvalue weighted by Crippen LogP contribution is 2.30. The van der Waals surface area contributed by atoms with Crippen molar-refractivity contribution < 1.29 is 13.5 Å². The molecule has 0 saturated carbocycles. The van der Waals surface area contributed by atoms with Crippen LogP contribution in [0, 0.1) is 0 Å². The summed E-state index contributed by atoms with van der Waals surface area (Å²) < 4.78 is 26.6. The van der Waals surface area contributed by atoms with Gasteiger partial charge in [-0.15, -0.1) is 11.3 Å². The van der Waals surface area contributed by atoms with Crippen molar-refractivity contribution in [2.75, 3.05) is 19.7 Å². The van der Waals surface area contributed by atoms with E-state index >= 15 is 0 Å². The SMILES string of the molecule is CCCN(CCO)S(=O)(=O)c1sccc1Br. The highest BCUT2D eigenvalue weighted by Gasteiger charge is 2.26. The molecule has 92 valence electrons. The molecule has 0 saturated heterocycles. The molecule has 1 heterocycles. The quantitative estimate of drug-likeness (QED) is 0.868. The Balaban J connectivity index is 3.03. The van der Waals surface area contributed by atoms with Gasteiger partial charge >= 0.3 is 0 Å². The molecule has 0 aliphatic carbocycles. The topological polar surface area (TPSA) is 57.6 Å². The molecule has 1 aromatic rings. The number of hydrogen-bond donors (Lipinski definition) is 1. The maximum Gasteiger partial charge on any atom is 0.253 e. The summed E-state index contributed by atoms with van der Waals surface area (Å²) in [5.74, 6) is 0. The zero-order valence-electron chi connectivity index (χ0n) is 8.89. The van der Waals surface area contributed by atoms with Gasteiger partial charge in [-0.2, -0.15) is 4.31 Å². The van der Waals surface area contributed by atoms with E-state index < -0.39 is 10.0 Å². The minimum atomic E-state index is -3.47. The van der Waals surface area contributed by atoms with E-state index in [2.05, 4.69) is 15.9 Å². The summed E-state index contributed by atoms with van der Waals surface area (Å²) >= 11 is 4.39. The number of thiophene rings is 1. The molecule has 0 aromatic carbocycles. The van der Waals surface area contributed by atoms with Crippen molar-refractivity contribution in [1.29, 1.82) is 0 Å². The van der Waals surface area contributed by atoms with Crippen LogP contribution in [0.25, 0.3) is 0 Å². The minimum Gasteiger partial charge on any atom is -0.395 e. The first-order chi connectivity index (χ1) is 7.54. The van der Waals surface area contributed by atoms with Gasteiger partial charge in [0.05, 0.1) is 6.61 Å². The van der Waals surface area contributed by atoms with Gasteiger partial charge < -0.3 is 5.11 Å². The number of nitrogens with zero attached hydrogens (tertiary/aromatic N) is 1. The predicted octanol–water partition coefficient (Wildman–Crippen LogP) is 1.90. The molecule has 0 unspecified atom stereocenters. The van der Waals surface area contributed by atoms with Crippen LogP contribution in [-0.2, 0) is 10.0 Å². The van der Waals surface area contributed by atoms with Gasteiger partial charge in [-0.1, -0.05) is 6.92 Å². The Morgan fingerprint density at radius 2 is 2.19 bits per heavy atom. The molecule has 0 bridgehead atoms. The van der Waals surface area contributed by atoms with E-state index in [1.165, 1.54) is 15.6 Å². The summed E-state index contributed by atoms with van der Waals surface area (Å²) in [6.07, 6.45) is 0.724.